The second-order valence-electron chi connectivity index (χ2n) is 8.45. The van der Waals surface area contributed by atoms with Gasteiger partial charge in [0.2, 0.25) is 0 Å². The molecule has 1 fully saturated rings. The van der Waals surface area contributed by atoms with Crippen molar-refractivity contribution in [1.29, 1.82) is 0 Å². The van der Waals surface area contributed by atoms with Crippen LogP contribution in [0.3, 0.4) is 0 Å². The van der Waals surface area contributed by atoms with Crippen molar-refractivity contribution in [1.82, 2.24) is 24.8 Å². The average Bonchev–Trinajstić information content (AvgIpc) is 3.31. The molecular formula is C24H26FN5O2. The second kappa shape index (κ2) is 8.80. The van der Waals surface area contributed by atoms with Crippen molar-refractivity contribution in [2.24, 2.45) is 0 Å². The second-order valence-corrected chi connectivity index (χ2v) is 8.45. The van der Waals surface area contributed by atoms with E-state index >= 15 is 0 Å². The number of nitrogens with one attached hydrogen (secondary N) is 1. The number of carbonyl (C=O) groups is 1. The highest BCUT2D eigenvalue weighted by molar-refractivity contribution is 5.80. The van der Waals surface area contributed by atoms with E-state index in [1.807, 2.05) is 41.1 Å². The van der Waals surface area contributed by atoms with Gasteiger partial charge in [-0.05, 0) is 42.7 Å². The summed E-state index contributed by atoms with van der Waals surface area (Å²) >= 11 is 0. The Hall–Kier alpha value is -3.10. The Bertz CT molecular complexity index is 1060. The number of rotatable bonds is 5. The molecule has 1 N–H and O–H groups in total. The van der Waals surface area contributed by atoms with Gasteiger partial charge in [0.1, 0.15) is 17.2 Å². The van der Waals surface area contributed by atoms with Crippen LogP contribution in [0.25, 0.3) is 0 Å². The number of carbonyl (C=O) groups excluding carboxylic acids is 1. The summed E-state index contributed by atoms with van der Waals surface area (Å²) in [6.07, 6.45) is 6.32. The molecule has 2 aliphatic rings. The molecule has 1 saturated heterocycles. The van der Waals surface area contributed by atoms with Gasteiger partial charge in [0.05, 0.1) is 18.8 Å². The number of aromatic nitrogens is 3. The molecule has 4 heterocycles. The van der Waals surface area contributed by atoms with Crippen LogP contribution in [0.1, 0.15) is 29.9 Å². The minimum Gasteiger partial charge on any atom is -0.352 e. The van der Waals surface area contributed by atoms with Gasteiger partial charge in [0.15, 0.2) is 6.10 Å². The van der Waals surface area contributed by atoms with E-state index in [2.05, 4.69) is 20.2 Å². The number of halogens is 1. The van der Waals surface area contributed by atoms with Crippen LogP contribution in [-0.4, -0.2) is 44.5 Å². The van der Waals surface area contributed by atoms with Gasteiger partial charge in [-0.15, -0.1) is 0 Å². The lowest BCUT2D eigenvalue weighted by Crippen LogP contribution is -2.53. The zero-order valence-corrected chi connectivity index (χ0v) is 17.8. The lowest BCUT2D eigenvalue weighted by atomic mass is 9.88. The third-order valence-corrected chi connectivity index (χ3v) is 6.30. The molecule has 8 heteroatoms. The van der Waals surface area contributed by atoms with Crippen molar-refractivity contribution >= 4 is 5.91 Å². The third kappa shape index (κ3) is 4.28. The Kier molecular flexibility index (Phi) is 5.71. The Morgan fingerprint density at radius 3 is 2.69 bits per heavy atom. The highest BCUT2D eigenvalue weighted by Gasteiger charge is 2.47. The summed E-state index contributed by atoms with van der Waals surface area (Å²) in [5, 5.41) is 2.96. The molecule has 0 bridgehead atoms. The van der Waals surface area contributed by atoms with Gasteiger partial charge < -0.3 is 14.6 Å². The number of piperidine rings is 1. The zero-order valence-electron chi connectivity index (χ0n) is 17.8. The summed E-state index contributed by atoms with van der Waals surface area (Å²) in [6.45, 7) is 3.21. The number of nitrogens with zero attached hydrogens (tertiary/aromatic N) is 4. The van der Waals surface area contributed by atoms with Crippen LogP contribution in [0, 0.1) is 5.82 Å². The first-order valence-corrected chi connectivity index (χ1v) is 11.0. The Morgan fingerprint density at radius 2 is 1.94 bits per heavy atom. The predicted octanol–water partition coefficient (Wildman–Crippen LogP) is 2.62. The molecule has 5 rings (SSSR count). The van der Waals surface area contributed by atoms with E-state index in [4.69, 9.17) is 4.74 Å². The minimum atomic E-state index is -0.580. The monoisotopic (exact) mass is 435 g/mol. The maximum absolute atomic E-state index is 13.2. The predicted molar refractivity (Wildman–Crippen MR) is 116 cm³/mol. The lowest BCUT2D eigenvalue weighted by Gasteiger charge is -2.45. The summed E-state index contributed by atoms with van der Waals surface area (Å²) in [7, 11) is 0. The summed E-state index contributed by atoms with van der Waals surface area (Å²) in [5.74, 6) is 0.539. The molecule has 0 radical (unpaired) electrons. The summed E-state index contributed by atoms with van der Waals surface area (Å²) in [6, 6.07) is 12.3. The summed E-state index contributed by atoms with van der Waals surface area (Å²) in [4.78, 5) is 24.1. The number of hydrogen-bond acceptors (Lipinski definition) is 5. The van der Waals surface area contributed by atoms with Crippen LogP contribution < -0.4 is 5.32 Å². The largest absolute Gasteiger partial charge is 0.352 e. The Balaban J connectivity index is 1.25. The van der Waals surface area contributed by atoms with E-state index in [1.54, 1.807) is 12.4 Å². The SMILES string of the molecule is O=C(NCc1ccccn1)[C@@H]1Cn2ccnc2C2(CCN(Cc3ccc(F)cc3)CC2)O1. The molecule has 32 heavy (non-hydrogen) atoms. The van der Waals surface area contributed by atoms with E-state index in [9.17, 15) is 9.18 Å². The lowest BCUT2D eigenvalue weighted by molar-refractivity contribution is -0.174. The van der Waals surface area contributed by atoms with Crippen molar-refractivity contribution in [2.45, 2.75) is 44.2 Å². The fourth-order valence-electron chi connectivity index (χ4n) is 4.59. The molecule has 166 valence electrons. The molecule has 1 amide bonds. The molecule has 1 aromatic carbocycles. The molecule has 0 saturated carbocycles. The van der Waals surface area contributed by atoms with Crippen molar-refractivity contribution < 1.29 is 13.9 Å². The first-order valence-electron chi connectivity index (χ1n) is 11.0. The summed E-state index contributed by atoms with van der Waals surface area (Å²) < 4.78 is 21.7. The van der Waals surface area contributed by atoms with E-state index in [0.29, 0.717) is 13.1 Å². The van der Waals surface area contributed by atoms with E-state index < -0.39 is 11.7 Å². The number of likely N-dealkylation sites (tertiary alicyclic amines) is 1. The van der Waals surface area contributed by atoms with Crippen LogP contribution in [0.15, 0.2) is 61.1 Å². The Labute approximate surface area is 186 Å². The fraction of sp³-hybridized carbons (Fsp3) is 0.375. The standard InChI is InChI=1S/C24H26FN5O2/c25-19-6-4-18(5-7-19)16-29-12-8-24(9-13-29)23-27-11-14-30(23)17-21(32-24)22(31)28-15-20-3-1-2-10-26-20/h1-7,10-11,14,21H,8-9,12-13,15-17H2,(H,28,31)/t21-/m0/s1. The number of fused-ring (bicyclic) bond motifs is 2. The molecule has 1 atom stereocenters. The first kappa shape index (κ1) is 20.8. The van der Waals surface area contributed by atoms with Crippen LogP contribution in [0.4, 0.5) is 4.39 Å². The van der Waals surface area contributed by atoms with E-state index in [-0.39, 0.29) is 11.7 Å². The molecule has 2 aromatic heterocycles. The van der Waals surface area contributed by atoms with Gasteiger partial charge in [-0.25, -0.2) is 9.37 Å². The number of benzene rings is 1. The molecular weight excluding hydrogens is 409 g/mol. The molecule has 7 nitrogen and oxygen atoms in total. The zero-order chi connectivity index (χ0) is 22.0. The highest BCUT2D eigenvalue weighted by Crippen LogP contribution is 2.40. The topological polar surface area (TPSA) is 72.3 Å². The molecule has 1 spiro atoms. The molecule has 0 aliphatic carbocycles. The third-order valence-electron chi connectivity index (χ3n) is 6.30. The number of pyridine rings is 1. The van der Waals surface area contributed by atoms with Crippen LogP contribution in [0.2, 0.25) is 0 Å². The quantitative estimate of drug-likeness (QED) is 0.667. The fourth-order valence-corrected chi connectivity index (χ4v) is 4.59. The van der Waals surface area contributed by atoms with Gasteiger partial charge in [-0.1, -0.05) is 18.2 Å². The maximum Gasteiger partial charge on any atom is 0.251 e. The minimum absolute atomic E-state index is 0.136. The van der Waals surface area contributed by atoms with Crippen LogP contribution in [0.5, 0.6) is 0 Å². The first-order chi connectivity index (χ1) is 15.6. The number of hydrogen-bond donors (Lipinski definition) is 1. The van der Waals surface area contributed by atoms with Gasteiger partial charge in [-0.2, -0.15) is 0 Å². The van der Waals surface area contributed by atoms with Gasteiger partial charge in [0.25, 0.3) is 5.91 Å². The maximum atomic E-state index is 13.2. The van der Waals surface area contributed by atoms with Crippen molar-refractivity contribution in [3.8, 4) is 0 Å². The van der Waals surface area contributed by atoms with Crippen LogP contribution >= 0.6 is 0 Å². The van der Waals surface area contributed by atoms with Crippen molar-refractivity contribution in [3.63, 3.8) is 0 Å². The van der Waals surface area contributed by atoms with Crippen molar-refractivity contribution in [3.05, 3.63) is 84.0 Å². The molecule has 3 aromatic rings. The normalized spacial score (nSPS) is 20.1. The number of ether oxygens (including phenoxy) is 1. The number of imidazole rings is 1. The number of amides is 1. The van der Waals surface area contributed by atoms with E-state index in [1.165, 1.54) is 12.1 Å². The summed E-state index contributed by atoms with van der Waals surface area (Å²) in [5.41, 5.74) is 1.32. The van der Waals surface area contributed by atoms with E-state index in [0.717, 1.165) is 49.6 Å². The Morgan fingerprint density at radius 1 is 1.12 bits per heavy atom. The van der Waals surface area contributed by atoms with Crippen LogP contribution in [-0.2, 0) is 34.8 Å². The molecule has 0 unspecified atom stereocenters. The van der Waals surface area contributed by atoms with Gasteiger partial charge in [-0.3, -0.25) is 14.7 Å². The highest BCUT2D eigenvalue weighted by atomic mass is 19.1. The smallest absolute Gasteiger partial charge is 0.251 e. The average molecular weight is 436 g/mol. The van der Waals surface area contributed by atoms with Gasteiger partial charge >= 0.3 is 0 Å². The van der Waals surface area contributed by atoms with Gasteiger partial charge in [0, 0.05) is 38.2 Å². The van der Waals surface area contributed by atoms with Crippen molar-refractivity contribution in [2.75, 3.05) is 13.1 Å². The molecule has 2 aliphatic heterocycles.